The van der Waals surface area contributed by atoms with E-state index in [4.69, 9.17) is 0 Å². The molecule has 156 valence electrons. The van der Waals surface area contributed by atoms with E-state index in [0.717, 1.165) is 22.6 Å². The number of pyridine rings is 1. The first-order chi connectivity index (χ1) is 15.4. The smallest absolute Gasteiger partial charge is 0.308 e. The minimum Gasteiger partial charge on any atom is -0.308 e. The largest absolute Gasteiger partial charge is 0.418 e. The van der Waals surface area contributed by atoms with Crippen molar-refractivity contribution in [3.63, 3.8) is 0 Å². The first kappa shape index (κ1) is 19.8. The van der Waals surface area contributed by atoms with Crippen LogP contribution in [0.1, 0.15) is 16.7 Å². The van der Waals surface area contributed by atoms with E-state index >= 15 is 0 Å². The Kier molecular flexibility index (Phi) is 4.49. The molecule has 3 nitrogen and oxygen atoms in total. The second-order valence-corrected chi connectivity index (χ2v) is 7.58. The minimum atomic E-state index is -4.52. The molecule has 0 saturated heterocycles. The van der Waals surface area contributed by atoms with E-state index in [0.29, 0.717) is 27.7 Å². The third-order valence-electron chi connectivity index (χ3n) is 5.69. The molecule has 0 aliphatic carbocycles. The van der Waals surface area contributed by atoms with Gasteiger partial charge in [0.15, 0.2) is 0 Å². The summed E-state index contributed by atoms with van der Waals surface area (Å²) in [6.07, 6.45) is -1.24. The number of hydrogen-bond donors (Lipinski definition) is 0. The summed E-state index contributed by atoms with van der Waals surface area (Å²) in [6, 6.07) is 20.8. The highest BCUT2D eigenvalue weighted by atomic mass is 19.4. The fourth-order valence-electron chi connectivity index (χ4n) is 4.30. The lowest BCUT2D eigenvalue weighted by molar-refractivity contribution is -0.136. The SMILES string of the molecule is Cc1cc(-c2ccncc2)c(C#N)cc1-n1c2ccccc2c2cccc(C(F)(F)F)c21. The van der Waals surface area contributed by atoms with Crippen molar-refractivity contribution in [2.45, 2.75) is 13.1 Å². The molecule has 0 unspecified atom stereocenters. The van der Waals surface area contributed by atoms with Crippen LogP contribution < -0.4 is 0 Å². The zero-order valence-electron chi connectivity index (χ0n) is 17.0. The van der Waals surface area contributed by atoms with Gasteiger partial charge in [-0.2, -0.15) is 18.4 Å². The number of halogens is 3. The van der Waals surface area contributed by atoms with Gasteiger partial charge in [0.1, 0.15) is 0 Å². The standard InChI is InChI=1S/C26H16F3N3/c1-16-13-21(17-9-11-31-12-10-17)18(15-30)14-24(16)32-23-8-3-2-5-19(23)20-6-4-7-22(25(20)32)26(27,28)29/h2-14H,1H3. The molecule has 0 radical (unpaired) electrons. The molecular weight excluding hydrogens is 411 g/mol. The first-order valence-electron chi connectivity index (χ1n) is 9.95. The molecule has 0 N–H and O–H groups in total. The maximum atomic E-state index is 14.0. The lowest BCUT2D eigenvalue weighted by atomic mass is 9.97. The number of hydrogen-bond acceptors (Lipinski definition) is 2. The van der Waals surface area contributed by atoms with Crippen LogP contribution in [-0.4, -0.2) is 9.55 Å². The number of nitriles is 1. The van der Waals surface area contributed by atoms with Crippen molar-refractivity contribution in [3.05, 3.63) is 95.8 Å². The van der Waals surface area contributed by atoms with Crippen LogP contribution in [0.4, 0.5) is 13.2 Å². The van der Waals surface area contributed by atoms with Gasteiger partial charge in [-0.3, -0.25) is 4.98 Å². The molecule has 0 aliphatic heterocycles. The minimum absolute atomic E-state index is 0.0878. The highest BCUT2D eigenvalue weighted by Gasteiger charge is 2.35. The van der Waals surface area contributed by atoms with Crippen LogP contribution in [0.25, 0.3) is 38.6 Å². The Hall–Kier alpha value is -4.11. The Morgan fingerprint density at radius 1 is 0.906 bits per heavy atom. The van der Waals surface area contributed by atoms with E-state index in [1.807, 2.05) is 25.1 Å². The van der Waals surface area contributed by atoms with Crippen LogP contribution in [0.5, 0.6) is 0 Å². The molecule has 0 amide bonds. The van der Waals surface area contributed by atoms with Gasteiger partial charge < -0.3 is 4.57 Å². The van der Waals surface area contributed by atoms with Crippen LogP contribution in [0.15, 0.2) is 79.1 Å². The molecule has 6 heteroatoms. The summed E-state index contributed by atoms with van der Waals surface area (Å²) in [7, 11) is 0. The second-order valence-electron chi connectivity index (χ2n) is 7.58. The molecule has 0 aliphatic rings. The Balaban J connectivity index is 1.91. The van der Waals surface area contributed by atoms with Crippen LogP contribution in [0.2, 0.25) is 0 Å². The number of para-hydroxylation sites is 2. The number of aryl methyl sites for hydroxylation is 1. The first-order valence-corrected chi connectivity index (χ1v) is 9.95. The van der Waals surface area contributed by atoms with Crippen molar-refractivity contribution in [1.29, 1.82) is 5.26 Å². The van der Waals surface area contributed by atoms with Gasteiger partial charge in [-0.05, 0) is 60.0 Å². The summed E-state index contributed by atoms with van der Waals surface area (Å²) < 4.78 is 43.6. The van der Waals surface area contributed by atoms with E-state index in [9.17, 15) is 18.4 Å². The molecule has 5 aromatic rings. The van der Waals surface area contributed by atoms with Gasteiger partial charge in [-0.25, -0.2) is 0 Å². The van der Waals surface area contributed by atoms with Crippen LogP contribution >= 0.6 is 0 Å². The molecule has 0 atom stereocenters. The normalized spacial score (nSPS) is 11.7. The second kappa shape index (κ2) is 7.24. The lowest BCUT2D eigenvalue weighted by Gasteiger charge is -2.17. The van der Waals surface area contributed by atoms with Crippen molar-refractivity contribution < 1.29 is 13.2 Å². The van der Waals surface area contributed by atoms with Crippen LogP contribution in [0, 0.1) is 18.3 Å². The zero-order chi connectivity index (χ0) is 22.5. The molecule has 0 saturated carbocycles. The van der Waals surface area contributed by atoms with E-state index in [1.165, 1.54) is 6.07 Å². The fourth-order valence-corrected chi connectivity index (χ4v) is 4.30. The Bertz CT molecular complexity index is 1520. The predicted octanol–water partition coefficient (Wildman–Crippen LogP) is 7.04. The summed E-state index contributed by atoms with van der Waals surface area (Å²) in [6.45, 7) is 1.85. The maximum Gasteiger partial charge on any atom is 0.418 e. The number of fused-ring (bicyclic) bond motifs is 3. The van der Waals surface area contributed by atoms with Crippen LogP contribution in [-0.2, 0) is 6.18 Å². The summed E-state index contributed by atoms with van der Waals surface area (Å²) in [5.41, 5.74) is 3.26. The Morgan fingerprint density at radius 2 is 1.62 bits per heavy atom. The number of nitrogens with zero attached hydrogens (tertiary/aromatic N) is 3. The lowest BCUT2D eigenvalue weighted by Crippen LogP contribution is -2.09. The molecule has 0 bridgehead atoms. The van der Waals surface area contributed by atoms with Crippen molar-refractivity contribution in [3.8, 4) is 22.9 Å². The molecule has 5 rings (SSSR count). The summed E-state index contributed by atoms with van der Waals surface area (Å²) in [5, 5.41) is 11.1. The van der Waals surface area contributed by atoms with Crippen molar-refractivity contribution in [1.82, 2.24) is 9.55 Å². The monoisotopic (exact) mass is 427 g/mol. The van der Waals surface area contributed by atoms with E-state index < -0.39 is 11.7 Å². The van der Waals surface area contributed by atoms with Crippen molar-refractivity contribution in [2.24, 2.45) is 0 Å². The van der Waals surface area contributed by atoms with Gasteiger partial charge in [0.25, 0.3) is 0 Å². The van der Waals surface area contributed by atoms with Crippen molar-refractivity contribution in [2.75, 3.05) is 0 Å². The van der Waals surface area contributed by atoms with Gasteiger partial charge in [-0.15, -0.1) is 0 Å². The molecule has 0 spiro atoms. The van der Waals surface area contributed by atoms with Gasteiger partial charge >= 0.3 is 6.18 Å². The number of rotatable bonds is 2. The number of benzene rings is 3. The number of aromatic nitrogens is 2. The van der Waals surface area contributed by atoms with Gasteiger partial charge in [0, 0.05) is 23.2 Å². The molecule has 0 fully saturated rings. The predicted molar refractivity (Wildman–Crippen MR) is 118 cm³/mol. The average molecular weight is 427 g/mol. The van der Waals surface area contributed by atoms with E-state index in [1.54, 1.807) is 53.4 Å². The summed E-state index contributed by atoms with van der Waals surface area (Å²) in [4.78, 5) is 4.01. The zero-order valence-corrected chi connectivity index (χ0v) is 17.0. The van der Waals surface area contributed by atoms with Crippen molar-refractivity contribution >= 4 is 21.8 Å². The average Bonchev–Trinajstić information content (AvgIpc) is 3.13. The topological polar surface area (TPSA) is 41.6 Å². The third kappa shape index (κ3) is 3.02. The van der Waals surface area contributed by atoms with Gasteiger partial charge in [0.05, 0.1) is 33.9 Å². The Labute approximate surface area is 182 Å². The molecular formula is C26H16F3N3. The quantitative estimate of drug-likeness (QED) is 0.303. The molecule has 2 aromatic heterocycles. The summed E-state index contributed by atoms with van der Waals surface area (Å²) in [5.74, 6) is 0. The summed E-state index contributed by atoms with van der Waals surface area (Å²) >= 11 is 0. The Morgan fingerprint density at radius 3 is 2.34 bits per heavy atom. The highest BCUT2D eigenvalue weighted by molar-refractivity contribution is 6.10. The third-order valence-corrected chi connectivity index (χ3v) is 5.69. The highest BCUT2D eigenvalue weighted by Crippen LogP contribution is 2.41. The van der Waals surface area contributed by atoms with Gasteiger partial charge in [0.2, 0.25) is 0 Å². The van der Waals surface area contributed by atoms with Gasteiger partial charge in [-0.1, -0.05) is 30.3 Å². The number of alkyl halides is 3. The van der Waals surface area contributed by atoms with E-state index in [-0.39, 0.29) is 5.52 Å². The molecule has 2 heterocycles. The van der Waals surface area contributed by atoms with E-state index in [2.05, 4.69) is 11.1 Å². The van der Waals surface area contributed by atoms with Crippen LogP contribution in [0.3, 0.4) is 0 Å². The fraction of sp³-hybridized carbons (Fsp3) is 0.0769. The molecule has 32 heavy (non-hydrogen) atoms. The molecule has 3 aromatic carbocycles. The maximum absolute atomic E-state index is 14.0.